The van der Waals surface area contributed by atoms with Gasteiger partial charge in [-0.3, -0.25) is 0 Å². The molecule has 0 saturated heterocycles. The molecule has 0 spiro atoms. The van der Waals surface area contributed by atoms with Crippen LogP contribution in [0, 0.1) is 0 Å². The van der Waals surface area contributed by atoms with Crippen LogP contribution in [0.5, 0.6) is 5.75 Å². The molecule has 0 aliphatic rings. The van der Waals surface area contributed by atoms with Crippen LogP contribution in [0.15, 0.2) is 53.0 Å². The lowest BCUT2D eigenvalue weighted by molar-refractivity contribution is 0.298. The highest BCUT2D eigenvalue weighted by Gasteiger charge is 2.12. The van der Waals surface area contributed by atoms with Crippen LogP contribution >= 0.6 is 27.5 Å². The van der Waals surface area contributed by atoms with E-state index in [0.29, 0.717) is 13.2 Å². The second kappa shape index (κ2) is 7.67. The van der Waals surface area contributed by atoms with Gasteiger partial charge in [0.25, 0.3) is 0 Å². The molecular formula is C16H17BrClNO. The van der Waals surface area contributed by atoms with E-state index >= 15 is 0 Å². The van der Waals surface area contributed by atoms with E-state index in [0.717, 1.165) is 27.2 Å². The molecular weight excluding hydrogens is 338 g/mol. The van der Waals surface area contributed by atoms with Gasteiger partial charge in [-0.25, -0.2) is 0 Å². The Morgan fingerprint density at radius 3 is 2.65 bits per heavy atom. The molecule has 1 unspecified atom stereocenters. The van der Waals surface area contributed by atoms with Crippen molar-refractivity contribution in [3.05, 3.63) is 63.6 Å². The molecule has 0 aliphatic heterocycles. The minimum atomic E-state index is 0.218. The van der Waals surface area contributed by atoms with Gasteiger partial charge in [0.15, 0.2) is 0 Å². The minimum Gasteiger partial charge on any atom is -0.494 e. The normalized spacial score (nSPS) is 12.2. The first-order valence-corrected chi connectivity index (χ1v) is 7.70. The molecule has 2 rings (SSSR count). The van der Waals surface area contributed by atoms with Gasteiger partial charge >= 0.3 is 0 Å². The van der Waals surface area contributed by atoms with E-state index in [2.05, 4.69) is 15.9 Å². The summed E-state index contributed by atoms with van der Waals surface area (Å²) in [7, 11) is 0. The van der Waals surface area contributed by atoms with Gasteiger partial charge in [0.05, 0.1) is 6.61 Å². The van der Waals surface area contributed by atoms with E-state index in [1.54, 1.807) is 0 Å². The molecule has 20 heavy (non-hydrogen) atoms. The fraction of sp³-hybridized carbons (Fsp3) is 0.250. The fourth-order valence-electron chi connectivity index (χ4n) is 2.08. The monoisotopic (exact) mass is 353 g/mol. The predicted octanol–water partition coefficient (Wildman–Crippen LogP) is 4.61. The van der Waals surface area contributed by atoms with Crippen molar-refractivity contribution < 1.29 is 4.74 Å². The van der Waals surface area contributed by atoms with Crippen LogP contribution in [0.2, 0.25) is 5.02 Å². The Morgan fingerprint density at radius 1 is 1.15 bits per heavy atom. The topological polar surface area (TPSA) is 35.2 Å². The van der Waals surface area contributed by atoms with E-state index in [4.69, 9.17) is 22.1 Å². The first-order valence-electron chi connectivity index (χ1n) is 6.53. The Morgan fingerprint density at radius 2 is 1.95 bits per heavy atom. The zero-order valence-electron chi connectivity index (χ0n) is 11.1. The van der Waals surface area contributed by atoms with Crippen molar-refractivity contribution in [1.29, 1.82) is 0 Å². The third kappa shape index (κ3) is 4.23. The maximum Gasteiger partial charge on any atom is 0.120 e. The number of benzene rings is 2. The standard InChI is InChI=1S/C16H17BrClNO/c17-13-4-3-5-14(10-13)20-9-8-12(11-19)15-6-1-2-7-16(15)18/h1-7,10,12H,8-9,11,19H2. The van der Waals surface area contributed by atoms with Crippen molar-refractivity contribution in [2.45, 2.75) is 12.3 Å². The highest BCUT2D eigenvalue weighted by atomic mass is 79.9. The molecule has 0 radical (unpaired) electrons. The molecule has 0 saturated carbocycles. The van der Waals surface area contributed by atoms with Crippen LogP contribution in [-0.2, 0) is 0 Å². The SMILES string of the molecule is NCC(CCOc1cccc(Br)c1)c1ccccc1Cl. The Bertz CT molecular complexity index is 562. The number of halogens is 2. The maximum absolute atomic E-state index is 6.21. The van der Waals surface area contributed by atoms with E-state index in [1.165, 1.54) is 0 Å². The first-order chi connectivity index (χ1) is 9.70. The van der Waals surface area contributed by atoms with E-state index in [1.807, 2.05) is 48.5 Å². The van der Waals surface area contributed by atoms with E-state index in [9.17, 15) is 0 Å². The molecule has 0 fully saturated rings. The Kier molecular flexibility index (Phi) is 5.89. The zero-order valence-corrected chi connectivity index (χ0v) is 13.4. The van der Waals surface area contributed by atoms with Gasteiger partial charge in [0.1, 0.15) is 5.75 Å². The minimum absolute atomic E-state index is 0.218. The van der Waals surface area contributed by atoms with Crippen LogP contribution in [0.3, 0.4) is 0 Å². The van der Waals surface area contributed by atoms with Gasteiger partial charge in [-0.05, 0) is 42.8 Å². The number of hydrogen-bond donors (Lipinski definition) is 1. The van der Waals surface area contributed by atoms with Crippen LogP contribution in [0.4, 0.5) is 0 Å². The van der Waals surface area contributed by atoms with Gasteiger partial charge in [-0.15, -0.1) is 0 Å². The lowest BCUT2D eigenvalue weighted by atomic mass is 9.96. The summed E-state index contributed by atoms with van der Waals surface area (Å²) in [5, 5.41) is 0.769. The summed E-state index contributed by atoms with van der Waals surface area (Å²) in [4.78, 5) is 0. The summed E-state index contributed by atoms with van der Waals surface area (Å²) in [6.45, 7) is 1.18. The third-order valence-electron chi connectivity index (χ3n) is 3.16. The average Bonchev–Trinajstić information content (AvgIpc) is 2.45. The van der Waals surface area contributed by atoms with E-state index < -0.39 is 0 Å². The number of ether oxygens (including phenoxy) is 1. The number of nitrogens with two attached hydrogens (primary N) is 1. The smallest absolute Gasteiger partial charge is 0.120 e. The average molecular weight is 355 g/mol. The molecule has 2 N–H and O–H groups in total. The van der Waals surface area contributed by atoms with Crippen molar-refractivity contribution >= 4 is 27.5 Å². The molecule has 0 aliphatic carbocycles. The van der Waals surface area contributed by atoms with Crippen LogP contribution < -0.4 is 10.5 Å². The summed E-state index contributed by atoms with van der Waals surface area (Å²) < 4.78 is 6.76. The second-order valence-corrected chi connectivity index (χ2v) is 5.87. The summed E-state index contributed by atoms with van der Waals surface area (Å²) in [5.74, 6) is 1.07. The van der Waals surface area contributed by atoms with Gasteiger partial charge in [0, 0.05) is 15.4 Å². The number of hydrogen-bond acceptors (Lipinski definition) is 2. The zero-order chi connectivity index (χ0) is 14.4. The summed E-state index contributed by atoms with van der Waals surface area (Å²) >= 11 is 9.64. The summed E-state index contributed by atoms with van der Waals surface area (Å²) in [6.07, 6.45) is 0.840. The van der Waals surface area contributed by atoms with Gasteiger partial charge in [-0.1, -0.05) is 51.8 Å². The lowest BCUT2D eigenvalue weighted by Gasteiger charge is -2.17. The highest BCUT2D eigenvalue weighted by Crippen LogP contribution is 2.26. The van der Waals surface area contributed by atoms with Crippen molar-refractivity contribution in [2.75, 3.05) is 13.2 Å². The lowest BCUT2D eigenvalue weighted by Crippen LogP contribution is -2.16. The van der Waals surface area contributed by atoms with Crippen LogP contribution in [0.1, 0.15) is 17.9 Å². The molecule has 0 amide bonds. The maximum atomic E-state index is 6.21. The van der Waals surface area contributed by atoms with Crippen molar-refractivity contribution in [3.8, 4) is 5.75 Å². The van der Waals surface area contributed by atoms with E-state index in [-0.39, 0.29) is 5.92 Å². The quantitative estimate of drug-likeness (QED) is 0.822. The largest absolute Gasteiger partial charge is 0.494 e. The van der Waals surface area contributed by atoms with Crippen molar-refractivity contribution in [3.63, 3.8) is 0 Å². The van der Waals surface area contributed by atoms with Gasteiger partial charge in [0.2, 0.25) is 0 Å². The molecule has 2 nitrogen and oxygen atoms in total. The fourth-order valence-corrected chi connectivity index (χ4v) is 2.75. The van der Waals surface area contributed by atoms with Crippen molar-refractivity contribution in [1.82, 2.24) is 0 Å². The molecule has 0 bridgehead atoms. The molecule has 0 aromatic heterocycles. The third-order valence-corrected chi connectivity index (χ3v) is 4.00. The van der Waals surface area contributed by atoms with Gasteiger partial charge in [-0.2, -0.15) is 0 Å². The van der Waals surface area contributed by atoms with Crippen molar-refractivity contribution in [2.24, 2.45) is 5.73 Å². The second-order valence-electron chi connectivity index (χ2n) is 4.55. The highest BCUT2D eigenvalue weighted by molar-refractivity contribution is 9.10. The Balaban J connectivity index is 1.93. The summed E-state index contributed by atoms with van der Waals surface area (Å²) in [6, 6.07) is 15.7. The van der Waals surface area contributed by atoms with Crippen LogP contribution in [-0.4, -0.2) is 13.2 Å². The number of rotatable bonds is 6. The Labute approximate surface area is 133 Å². The molecule has 4 heteroatoms. The molecule has 106 valence electrons. The Hall–Kier alpha value is -1.03. The molecule has 1 atom stereocenters. The summed E-state index contributed by atoms with van der Waals surface area (Å²) in [5.41, 5.74) is 6.95. The first kappa shape index (κ1) is 15.4. The predicted molar refractivity (Wildman–Crippen MR) is 87.5 cm³/mol. The molecule has 2 aromatic rings. The van der Waals surface area contributed by atoms with Gasteiger partial charge < -0.3 is 10.5 Å². The molecule has 2 aromatic carbocycles. The molecule has 0 heterocycles. The van der Waals surface area contributed by atoms with Crippen LogP contribution in [0.25, 0.3) is 0 Å².